The van der Waals surface area contributed by atoms with Gasteiger partial charge in [-0.2, -0.15) is 8.42 Å². The van der Waals surface area contributed by atoms with Crippen molar-refractivity contribution in [1.82, 2.24) is 0 Å². The first-order valence-corrected chi connectivity index (χ1v) is 14.0. The lowest BCUT2D eigenvalue weighted by Gasteiger charge is -2.26. The van der Waals surface area contributed by atoms with Crippen molar-refractivity contribution in [2.75, 3.05) is 28.6 Å². The molecular formula is C21H22Cl2N2O3S3. The van der Waals surface area contributed by atoms with Gasteiger partial charge < -0.3 is 9.80 Å². The maximum atomic E-state index is 11.2. The van der Waals surface area contributed by atoms with Gasteiger partial charge in [-0.25, -0.2) is 0 Å². The zero-order chi connectivity index (χ0) is 22.2. The summed E-state index contributed by atoms with van der Waals surface area (Å²) < 4.78 is 31.6. The SMILES string of the molecule is CCCN1C(=CC2Sc3ccc(Cl)cc3N2CCCS(=O)(=O)O)Sc2ccc(Cl)cc21. The van der Waals surface area contributed by atoms with Crippen molar-refractivity contribution in [3.8, 4) is 0 Å². The minimum absolute atomic E-state index is 0.0125. The predicted octanol–water partition coefficient (Wildman–Crippen LogP) is 6.37. The van der Waals surface area contributed by atoms with Crippen LogP contribution in [0.25, 0.3) is 0 Å². The van der Waals surface area contributed by atoms with Crippen LogP contribution in [0.2, 0.25) is 10.0 Å². The van der Waals surface area contributed by atoms with Gasteiger partial charge >= 0.3 is 0 Å². The van der Waals surface area contributed by atoms with Crippen LogP contribution in [-0.2, 0) is 10.1 Å². The van der Waals surface area contributed by atoms with Crippen molar-refractivity contribution in [2.45, 2.75) is 34.9 Å². The van der Waals surface area contributed by atoms with Gasteiger partial charge in [0.25, 0.3) is 10.1 Å². The van der Waals surface area contributed by atoms with Crippen LogP contribution in [0, 0.1) is 0 Å². The van der Waals surface area contributed by atoms with Crippen LogP contribution in [0.4, 0.5) is 11.4 Å². The second-order valence-corrected chi connectivity index (χ2v) is 12.0. The molecular weight excluding hydrogens is 495 g/mol. The summed E-state index contributed by atoms with van der Waals surface area (Å²) in [7, 11) is -4.00. The number of nitrogens with zero attached hydrogens (tertiary/aromatic N) is 2. The van der Waals surface area contributed by atoms with Crippen LogP contribution in [0.3, 0.4) is 0 Å². The third kappa shape index (κ3) is 5.31. The third-order valence-corrected chi connectivity index (χ3v) is 8.65. The van der Waals surface area contributed by atoms with Gasteiger partial charge in [0.05, 0.1) is 22.2 Å². The molecule has 1 unspecified atom stereocenters. The van der Waals surface area contributed by atoms with Crippen molar-refractivity contribution in [1.29, 1.82) is 0 Å². The summed E-state index contributed by atoms with van der Waals surface area (Å²) in [4.78, 5) is 6.72. The van der Waals surface area contributed by atoms with Crippen molar-refractivity contribution < 1.29 is 13.0 Å². The van der Waals surface area contributed by atoms with Gasteiger partial charge in [0, 0.05) is 32.9 Å². The van der Waals surface area contributed by atoms with Crippen LogP contribution in [0.1, 0.15) is 19.8 Å². The predicted molar refractivity (Wildman–Crippen MR) is 133 cm³/mol. The number of hydrogen-bond donors (Lipinski definition) is 1. The monoisotopic (exact) mass is 516 g/mol. The van der Waals surface area contributed by atoms with E-state index in [1.165, 1.54) is 4.90 Å². The van der Waals surface area contributed by atoms with Crippen LogP contribution < -0.4 is 9.80 Å². The van der Waals surface area contributed by atoms with Gasteiger partial charge in [-0.15, -0.1) is 0 Å². The second-order valence-electron chi connectivity index (χ2n) is 7.32. The summed E-state index contributed by atoms with van der Waals surface area (Å²) in [6, 6.07) is 11.7. The van der Waals surface area contributed by atoms with Crippen molar-refractivity contribution >= 4 is 68.2 Å². The van der Waals surface area contributed by atoms with E-state index in [4.69, 9.17) is 27.8 Å². The Morgan fingerprint density at radius 2 is 1.74 bits per heavy atom. The molecule has 0 saturated heterocycles. The standard InChI is InChI=1S/C21H22Cl2N2O3S3/c1-2-8-24-16-11-14(22)4-6-18(16)29-20(24)13-21-25(9-3-10-31(26,27)28)17-12-15(23)5-7-19(17)30-21/h4-7,11-13,21H,2-3,8-10H2,1H3,(H,26,27,28). The third-order valence-electron chi connectivity index (χ3n) is 5.01. The first kappa shape index (κ1) is 23.1. The molecule has 1 N–H and O–H groups in total. The van der Waals surface area contributed by atoms with Crippen molar-refractivity contribution in [3.05, 3.63) is 57.5 Å². The molecule has 0 amide bonds. The molecule has 5 nitrogen and oxygen atoms in total. The zero-order valence-corrected chi connectivity index (χ0v) is 20.8. The van der Waals surface area contributed by atoms with Crippen molar-refractivity contribution in [2.24, 2.45) is 0 Å². The molecule has 0 radical (unpaired) electrons. The lowest BCUT2D eigenvalue weighted by molar-refractivity contribution is 0.481. The number of thioether (sulfide) groups is 2. The van der Waals surface area contributed by atoms with Crippen LogP contribution in [0.15, 0.2) is 57.3 Å². The molecule has 0 bridgehead atoms. The maximum absolute atomic E-state index is 11.2. The number of halogens is 2. The molecule has 2 heterocycles. The first-order chi connectivity index (χ1) is 14.7. The Morgan fingerprint density at radius 1 is 1.06 bits per heavy atom. The Balaban J connectivity index is 1.64. The summed E-state index contributed by atoms with van der Waals surface area (Å²) in [6.45, 7) is 3.52. The normalized spacial score (nSPS) is 19.2. The van der Waals surface area contributed by atoms with E-state index in [0.29, 0.717) is 23.0 Å². The van der Waals surface area contributed by atoms with E-state index in [9.17, 15) is 8.42 Å². The van der Waals surface area contributed by atoms with E-state index in [-0.39, 0.29) is 11.1 Å². The Morgan fingerprint density at radius 3 is 2.42 bits per heavy atom. The van der Waals surface area contributed by atoms with Gasteiger partial charge in [0.15, 0.2) is 0 Å². The largest absolute Gasteiger partial charge is 0.355 e. The highest BCUT2D eigenvalue weighted by atomic mass is 35.5. The van der Waals surface area contributed by atoms with Crippen LogP contribution in [-0.4, -0.2) is 37.2 Å². The summed E-state index contributed by atoms with van der Waals surface area (Å²) in [5, 5.41) is 2.47. The van der Waals surface area contributed by atoms with Gasteiger partial charge in [-0.3, -0.25) is 4.55 Å². The summed E-state index contributed by atoms with van der Waals surface area (Å²) in [5.74, 6) is -0.270. The zero-order valence-electron chi connectivity index (χ0n) is 16.8. The summed E-state index contributed by atoms with van der Waals surface area (Å²) >= 11 is 15.9. The minimum Gasteiger partial charge on any atom is -0.355 e. The van der Waals surface area contributed by atoms with Gasteiger partial charge in [0.1, 0.15) is 5.37 Å². The molecule has 4 rings (SSSR count). The highest BCUT2D eigenvalue weighted by Gasteiger charge is 2.32. The molecule has 0 fully saturated rings. The van der Waals surface area contributed by atoms with Crippen LogP contribution in [0.5, 0.6) is 0 Å². The molecule has 0 saturated carbocycles. The van der Waals surface area contributed by atoms with E-state index in [2.05, 4.69) is 22.8 Å². The Hall–Kier alpha value is -1.03. The number of anilines is 2. The highest BCUT2D eigenvalue weighted by Crippen LogP contribution is 2.50. The Labute approximate surface area is 201 Å². The van der Waals surface area contributed by atoms with Crippen molar-refractivity contribution in [3.63, 3.8) is 0 Å². The van der Waals surface area contributed by atoms with Gasteiger partial charge in [-0.1, -0.05) is 53.6 Å². The van der Waals surface area contributed by atoms with E-state index in [1.807, 2.05) is 36.4 Å². The second kappa shape index (κ2) is 9.45. The summed E-state index contributed by atoms with van der Waals surface area (Å²) in [5.41, 5.74) is 2.10. The highest BCUT2D eigenvalue weighted by molar-refractivity contribution is 8.04. The molecule has 166 valence electrons. The number of benzene rings is 2. The van der Waals surface area contributed by atoms with E-state index in [1.54, 1.807) is 23.5 Å². The van der Waals surface area contributed by atoms with Gasteiger partial charge in [0.2, 0.25) is 0 Å². The lowest BCUT2D eigenvalue weighted by Crippen LogP contribution is -2.31. The van der Waals surface area contributed by atoms with Gasteiger partial charge in [-0.05, 0) is 55.3 Å². The fourth-order valence-corrected chi connectivity index (χ4v) is 7.00. The van der Waals surface area contributed by atoms with E-state index >= 15 is 0 Å². The molecule has 0 spiro atoms. The quantitative estimate of drug-likeness (QED) is 0.428. The smallest absolute Gasteiger partial charge is 0.264 e. The first-order valence-electron chi connectivity index (χ1n) is 9.90. The number of rotatable bonds is 7. The maximum Gasteiger partial charge on any atom is 0.264 e. The fourth-order valence-electron chi connectivity index (χ4n) is 3.71. The van der Waals surface area contributed by atoms with E-state index < -0.39 is 10.1 Å². The molecule has 0 aromatic heterocycles. The minimum atomic E-state index is -4.00. The average molecular weight is 518 g/mol. The molecule has 10 heteroatoms. The molecule has 2 aliphatic heterocycles. The Kier molecular flexibility index (Phi) is 7.05. The summed E-state index contributed by atoms with van der Waals surface area (Å²) in [6.07, 6.45) is 3.54. The molecule has 2 aromatic rings. The molecule has 31 heavy (non-hydrogen) atoms. The fraction of sp³-hybridized carbons (Fsp3) is 0.333. The molecule has 1 atom stereocenters. The topological polar surface area (TPSA) is 60.9 Å². The average Bonchev–Trinajstić information content (AvgIpc) is 3.19. The molecule has 2 aliphatic rings. The van der Waals surface area contributed by atoms with E-state index in [0.717, 1.165) is 34.3 Å². The van der Waals surface area contributed by atoms with Crippen LogP contribution >= 0.6 is 46.7 Å². The Bertz CT molecular complexity index is 1120. The molecule has 2 aromatic carbocycles. The number of fused-ring (bicyclic) bond motifs is 2. The lowest BCUT2D eigenvalue weighted by atomic mass is 10.2. The molecule has 0 aliphatic carbocycles. The number of hydrogen-bond acceptors (Lipinski definition) is 6.